The van der Waals surface area contributed by atoms with Crippen LogP contribution >= 0.6 is 0 Å². The minimum atomic E-state index is -0.0747. The maximum absolute atomic E-state index is 11.2. The van der Waals surface area contributed by atoms with Gasteiger partial charge in [-0.1, -0.05) is 32.6 Å². The fourth-order valence-electron chi connectivity index (χ4n) is 1.09. The summed E-state index contributed by atoms with van der Waals surface area (Å²) in [6.45, 7) is 4.13. The molecule has 0 heterocycles. The van der Waals surface area contributed by atoms with E-state index < -0.39 is 0 Å². The van der Waals surface area contributed by atoms with Crippen LogP contribution in [0.5, 0.6) is 0 Å². The van der Waals surface area contributed by atoms with Gasteiger partial charge in [0.2, 0.25) is 5.91 Å². The molecule has 0 aromatic rings. The highest BCUT2D eigenvalue weighted by molar-refractivity contribution is 5.76. The van der Waals surface area contributed by atoms with Crippen molar-refractivity contribution in [2.24, 2.45) is 0 Å². The minimum absolute atomic E-state index is 0.0747. The van der Waals surface area contributed by atoms with Crippen LogP contribution in [0.2, 0.25) is 0 Å². The van der Waals surface area contributed by atoms with Crippen molar-refractivity contribution in [2.75, 3.05) is 0 Å². The third-order valence-corrected chi connectivity index (χ3v) is 1.87. The Balaban J connectivity index is 3.68. The fourth-order valence-corrected chi connectivity index (χ4v) is 1.09. The molecule has 0 radical (unpaired) electrons. The van der Waals surface area contributed by atoms with Gasteiger partial charge in [0.15, 0.2) is 0 Å². The predicted molar refractivity (Wildman–Crippen MR) is 55.2 cm³/mol. The molecular formula is C11H19NO. The molecule has 0 saturated carbocycles. The molecule has 2 heteroatoms. The molecule has 0 unspecified atom stereocenters. The van der Waals surface area contributed by atoms with Gasteiger partial charge in [0.05, 0.1) is 6.04 Å². The van der Waals surface area contributed by atoms with Crippen molar-refractivity contribution < 1.29 is 4.79 Å². The standard InChI is InChI=1S/C11H19NO/c1-4-7-9-11(13)12-10(6-3)8-5-2/h3,10H,4-5,7-9H2,1-2H3,(H,12,13)/t10-/m0/s1. The van der Waals surface area contributed by atoms with Gasteiger partial charge >= 0.3 is 0 Å². The van der Waals surface area contributed by atoms with Gasteiger partial charge < -0.3 is 5.32 Å². The largest absolute Gasteiger partial charge is 0.342 e. The Morgan fingerprint density at radius 1 is 1.46 bits per heavy atom. The summed E-state index contributed by atoms with van der Waals surface area (Å²) in [5, 5.41) is 2.83. The summed E-state index contributed by atoms with van der Waals surface area (Å²) in [5.74, 6) is 2.66. The Labute approximate surface area is 81.1 Å². The Morgan fingerprint density at radius 3 is 2.62 bits per heavy atom. The molecule has 0 rings (SSSR count). The number of unbranched alkanes of at least 4 members (excludes halogenated alkanes) is 1. The maximum Gasteiger partial charge on any atom is 0.220 e. The molecule has 2 nitrogen and oxygen atoms in total. The van der Waals surface area contributed by atoms with Gasteiger partial charge in [-0.25, -0.2) is 0 Å². The van der Waals surface area contributed by atoms with E-state index in [1.54, 1.807) is 0 Å². The molecule has 0 aliphatic heterocycles. The number of hydrogen-bond donors (Lipinski definition) is 1. The van der Waals surface area contributed by atoms with Crippen LogP contribution < -0.4 is 5.32 Å². The van der Waals surface area contributed by atoms with Gasteiger partial charge in [0.1, 0.15) is 0 Å². The predicted octanol–water partition coefficient (Wildman–Crippen LogP) is 2.09. The summed E-state index contributed by atoms with van der Waals surface area (Å²) in [7, 11) is 0. The molecule has 1 atom stereocenters. The number of nitrogens with one attached hydrogen (secondary N) is 1. The quantitative estimate of drug-likeness (QED) is 0.625. The van der Waals surface area contributed by atoms with Crippen LogP contribution in [0.1, 0.15) is 46.0 Å². The summed E-state index contributed by atoms with van der Waals surface area (Å²) in [6.07, 6.45) is 9.72. The highest BCUT2D eigenvalue weighted by Gasteiger charge is 2.06. The summed E-state index contributed by atoms with van der Waals surface area (Å²) in [5.41, 5.74) is 0. The van der Waals surface area contributed by atoms with E-state index in [0.717, 1.165) is 25.7 Å². The Hall–Kier alpha value is -0.970. The van der Waals surface area contributed by atoms with E-state index in [-0.39, 0.29) is 11.9 Å². The number of rotatable bonds is 6. The van der Waals surface area contributed by atoms with Crippen molar-refractivity contribution in [3.8, 4) is 12.3 Å². The molecule has 0 bridgehead atoms. The second-order valence-corrected chi connectivity index (χ2v) is 3.18. The molecule has 0 aromatic heterocycles. The van der Waals surface area contributed by atoms with Crippen molar-refractivity contribution in [1.82, 2.24) is 5.32 Å². The number of carbonyl (C=O) groups excluding carboxylic acids is 1. The van der Waals surface area contributed by atoms with Crippen LogP contribution in [-0.4, -0.2) is 11.9 Å². The van der Waals surface area contributed by atoms with Crippen molar-refractivity contribution in [2.45, 2.75) is 52.0 Å². The van der Waals surface area contributed by atoms with E-state index >= 15 is 0 Å². The lowest BCUT2D eigenvalue weighted by atomic mass is 10.1. The van der Waals surface area contributed by atoms with Crippen LogP contribution in [0.4, 0.5) is 0 Å². The first kappa shape index (κ1) is 12.0. The van der Waals surface area contributed by atoms with Gasteiger partial charge in [-0.15, -0.1) is 6.42 Å². The van der Waals surface area contributed by atoms with E-state index in [9.17, 15) is 4.79 Å². The fraction of sp³-hybridized carbons (Fsp3) is 0.727. The van der Waals surface area contributed by atoms with Gasteiger partial charge in [-0.05, 0) is 12.8 Å². The third-order valence-electron chi connectivity index (χ3n) is 1.87. The van der Waals surface area contributed by atoms with Gasteiger partial charge in [-0.3, -0.25) is 4.79 Å². The highest BCUT2D eigenvalue weighted by Crippen LogP contribution is 1.98. The zero-order chi connectivity index (χ0) is 10.1. The Kier molecular flexibility index (Phi) is 7.10. The van der Waals surface area contributed by atoms with Crippen LogP contribution in [0, 0.1) is 12.3 Å². The second kappa shape index (κ2) is 7.67. The number of terminal acetylenes is 1. The molecule has 1 N–H and O–H groups in total. The molecule has 0 fully saturated rings. The number of hydrogen-bond acceptors (Lipinski definition) is 1. The van der Waals surface area contributed by atoms with E-state index in [1.807, 2.05) is 0 Å². The smallest absolute Gasteiger partial charge is 0.220 e. The van der Waals surface area contributed by atoms with Crippen LogP contribution in [0.3, 0.4) is 0 Å². The molecule has 0 saturated heterocycles. The lowest BCUT2D eigenvalue weighted by Crippen LogP contribution is -2.33. The van der Waals surface area contributed by atoms with Crippen molar-refractivity contribution in [3.05, 3.63) is 0 Å². The van der Waals surface area contributed by atoms with E-state index in [4.69, 9.17) is 6.42 Å². The molecule has 74 valence electrons. The maximum atomic E-state index is 11.2. The average molecular weight is 181 g/mol. The van der Waals surface area contributed by atoms with E-state index in [0.29, 0.717) is 6.42 Å². The van der Waals surface area contributed by atoms with Crippen molar-refractivity contribution in [1.29, 1.82) is 0 Å². The highest BCUT2D eigenvalue weighted by atomic mass is 16.1. The Morgan fingerprint density at radius 2 is 2.15 bits per heavy atom. The molecule has 1 amide bonds. The van der Waals surface area contributed by atoms with Gasteiger partial charge in [-0.2, -0.15) is 0 Å². The zero-order valence-corrected chi connectivity index (χ0v) is 8.60. The molecular weight excluding hydrogens is 162 g/mol. The topological polar surface area (TPSA) is 29.1 Å². The number of amides is 1. The first-order valence-electron chi connectivity index (χ1n) is 5.00. The first-order valence-corrected chi connectivity index (χ1v) is 5.00. The van der Waals surface area contributed by atoms with Crippen LogP contribution in [0.25, 0.3) is 0 Å². The second-order valence-electron chi connectivity index (χ2n) is 3.18. The summed E-state index contributed by atoms with van der Waals surface area (Å²) >= 11 is 0. The van der Waals surface area contributed by atoms with Gasteiger partial charge in [0.25, 0.3) is 0 Å². The Bertz CT molecular complexity index is 181. The molecule has 0 spiro atoms. The molecule has 0 aromatic carbocycles. The van der Waals surface area contributed by atoms with Crippen LogP contribution in [-0.2, 0) is 4.79 Å². The summed E-state index contributed by atoms with van der Waals surface area (Å²) in [4.78, 5) is 11.2. The monoisotopic (exact) mass is 181 g/mol. The molecule has 13 heavy (non-hydrogen) atoms. The molecule has 0 aliphatic rings. The summed E-state index contributed by atoms with van der Waals surface area (Å²) in [6, 6.07) is -0.0747. The van der Waals surface area contributed by atoms with E-state index in [2.05, 4.69) is 25.1 Å². The lowest BCUT2D eigenvalue weighted by molar-refractivity contribution is -0.121. The normalized spacial score (nSPS) is 11.8. The molecule has 0 aliphatic carbocycles. The SMILES string of the molecule is C#C[C@@H](CCC)NC(=O)CCCC. The summed E-state index contributed by atoms with van der Waals surface area (Å²) < 4.78 is 0. The van der Waals surface area contributed by atoms with Gasteiger partial charge in [0, 0.05) is 6.42 Å². The lowest BCUT2D eigenvalue weighted by Gasteiger charge is -2.11. The van der Waals surface area contributed by atoms with Crippen molar-refractivity contribution >= 4 is 5.91 Å². The minimum Gasteiger partial charge on any atom is -0.342 e. The van der Waals surface area contributed by atoms with Crippen molar-refractivity contribution in [3.63, 3.8) is 0 Å². The number of carbonyl (C=O) groups is 1. The van der Waals surface area contributed by atoms with Crippen LogP contribution in [0.15, 0.2) is 0 Å². The van der Waals surface area contributed by atoms with E-state index in [1.165, 1.54) is 0 Å². The first-order chi connectivity index (χ1) is 6.24. The zero-order valence-electron chi connectivity index (χ0n) is 8.60. The third kappa shape index (κ3) is 6.21. The average Bonchev–Trinajstić information content (AvgIpc) is 2.14.